The molecule has 1 aromatic rings. The van der Waals surface area contributed by atoms with Crippen molar-refractivity contribution in [2.75, 3.05) is 6.61 Å². The molecule has 88 valence electrons. The molecule has 0 spiro atoms. The van der Waals surface area contributed by atoms with Crippen molar-refractivity contribution < 1.29 is 19.3 Å². The van der Waals surface area contributed by atoms with Gasteiger partial charge in [-0.15, -0.1) is 0 Å². The van der Waals surface area contributed by atoms with Gasteiger partial charge in [-0.25, -0.2) is 4.39 Å². The van der Waals surface area contributed by atoms with Crippen LogP contribution in [0, 0.1) is 5.82 Å². The molecule has 1 aliphatic heterocycles. The Morgan fingerprint density at radius 2 is 2.31 bits per heavy atom. The van der Waals surface area contributed by atoms with Gasteiger partial charge in [-0.1, -0.05) is 0 Å². The van der Waals surface area contributed by atoms with E-state index in [1.807, 2.05) is 0 Å². The van der Waals surface area contributed by atoms with Crippen LogP contribution in [-0.2, 0) is 6.42 Å². The van der Waals surface area contributed by atoms with Crippen molar-refractivity contribution in [3.8, 4) is 5.75 Å². The molecule has 0 radical (unpaired) electrons. The summed E-state index contributed by atoms with van der Waals surface area (Å²) in [7, 11) is 0. The van der Waals surface area contributed by atoms with Crippen LogP contribution < -0.4 is 4.74 Å². The standard InChI is InChI=1S/C12H15FO3/c1-12(11(15)7-14)5-4-8-6-9(13)2-3-10(8)16-12/h2-3,6,11,14-15H,4-5,7H2,1H3/t11-,12?/m1/s1. The Morgan fingerprint density at radius 1 is 1.56 bits per heavy atom. The Labute approximate surface area is 93.5 Å². The Bertz CT molecular complexity index is 394. The van der Waals surface area contributed by atoms with Gasteiger partial charge in [0, 0.05) is 0 Å². The van der Waals surface area contributed by atoms with Crippen molar-refractivity contribution >= 4 is 0 Å². The third kappa shape index (κ3) is 1.90. The zero-order valence-electron chi connectivity index (χ0n) is 9.11. The fourth-order valence-electron chi connectivity index (χ4n) is 1.96. The number of rotatable bonds is 2. The molecule has 0 saturated heterocycles. The van der Waals surface area contributed by atoms with Crippen LogP contribution in [0.5, 0.6) is 5.75 Å². The maximum Gasteiger partial charge on any atom is 0.135 e. The number of benzene rings is 1. The molecule has 16 heavy (non-hydrogen) atoms. The molecule has 0 saturated carbocycles. The molecule has 0 amide bonds. The van der Waals surface area contributed by atoms with Crippen molar-refractivity contribution in [1.82, 2.24) is 0 Å². The number of aliphatic hydroxyl groups excluding tert-OH is 2. The summed E-state index contributed by atoms with van der Waals surface area (Å²) in [6, 6.07) is 4.34. The largest absolute Gasteiger partial charge is 0.484 e. The van der Waals surface area contributed by atoms with Crippen LogP contribution in [0.3, 0.4) is 0 Å². The van der Waals surface area contributed by atoms with E-state index in [0.29, 0.717) is 18.6 Å². The number of hydrogen-bond donors (Lipinski definition) is 2. The molecule has 4 heteroatoms. The molecule has 1 aromatic carbocycles. The Balaban J connectivity index is 2.27. The van der Waals surface area contributed by atoms with Gasteiger partial charge in [-0.3, -0.25) is 0 Å². The summed E-state index contributed by atoms with van der Waals surface area (Å²) in [4.78, 5) is 0. The quantitative estimate of drug-likeness (QED) is 0.798. The zero-order chi connectivity index (χ0) is 11.8. The molecule has 2 atom stereocenters. The molecule has 3 nitrogen and oxygen atoms in total. The predicted molar refractivity (Wildman–Crippen MR) is 56.8 cm³/mol. The Hall–Kier alpha value is -1.13. The normalized spacial score (nSPS) is 25.8. The van der Waals surface area contributed by atoms with Gasteiger partial charge >= 0.3 is 0 Å². The summed E-state index contributed by atoms with van der Waals surface area (Å²) in [6.07, 6.45) is 0.275. The summed E-state index contributed by atoms with van der Waals surface area (Å²) in [6.45, 7) is 1.41. The van der Waals surface area contributed by atoms with Gasteiger partial charge in [0.2, 0.25) is 0 Å². The lowest BCUT2D eigenvalue weighted by Gasteiger charge is -2.38. The first kappa shape index (κ1) is 11.4. The van der Waals surface area contributed by atoms with Crippen molar-refractivity contribution in [2.24, 2.45) is 0 Å². The van der Waals surface area contributed by atoms with Crippen LogP contribution in [0.4, 0.5) is 4.39 Å². The minimum Gasteiger partial charge on any atom is -0.484 e. The first-order valence-electron chi connectivity index (χ1n) is 5.31. The number of halogens is 1. The zero-order valence-corrected chi connectivity index (χ0v) is 9.11. The minimum absolute atomic E-state index is 0.284. The van der Waals surface area contributed by atoms with E-state index >= 15 is 0 Å². The fraction of sp³-hybridized carbons (Fsp3) is 0.500. The maximum absolute atomic E-state index is 13.0. The first-order chi connectivity index (χ1) is 7.55. The smallest absolute Gasteiger partial charge is 0.135 e. The van der Waals surface area contributed by atoms with E-state index in [2.05, 4.69) is 0 Å². The second-order valence-corrected chi connectivity index (χ2v) is 4.37. The molecular weight excluding hydrogens is 211 g/mol. The lowest BCUT2D eigenvalue weighted by atomic mass is 9.88. The number of aryl methyl sites for hydroxylation is 1. The van der Waals surface area contributed by atoms with Crippen molar-refractivity contribution in [2.45, 2.75) is 31.5 Å². The van der Waals surface area contributed by atoms with E-state index in [0.717, 1.165) is 5.56 Å². The van der Waals surface area contributed by atoms with E-state index < -0.39 is 11.7 Å². The maximum atomic E-state index is 13.0. The minimum atomic E-state index is -0.925. The van der Waals surface area contributed by atoms with Crippen LogP contribution in [0.2, 0.25) is 0 Å². The summed E-state index contributed by atoms with van der Waals surface area (Å²) in [5.41, 5.74) is 0.0159. The van der Waals surface area contributed by atoms with Crippen LogP contribution in [0.1, 0.15) is 18.9 Å². The van der Waals surface area contributed by atoms with Crippen LogP contribution >= 0.6 is 0 Å². The van der Waals surface area contributed by atoms with Gasteiger partial charge in [0.25, 0.3) is 0 Å². The van der Waals surface area contributed by atoms with Crippen molar-refractivity contribution in [3.63, 3.8) is 0 Å². The molecule has 1 heterocycles. The summed E-state index contributed by atoms with van der Waals surface area (Å²) in [5, 5.41) is 18.6. The van der Waals surface area contributed by atoms with E-state index in [1.165, 1.54) is 12.1 Å². The number of aliphatic hydroxyl groups is 2. The van der Waals surface area contributed by atoms with Crippen LogP contribution in [0.15, 0.2) is 18.2 Å². The molecular formula is C12H15FO3. The number of fused-ring (bicyclic) bond motifs is 1. The molecule has 2 rings (SSSR count). The number of hydrogen-bond acceptors (Lipinski definition) is 3. The van der Waals surface area contributed by atoms with Gasteiger partial charge < -0.3 is 14.9 Å². The molecule has 0 bridgehead atoms. The third-order valence-corrected chi connectivity index (χ3v) is 3.13. The highest BCUT2D eigenvalue weighted by Crippen LogP contribution is 2.35. The average Bonchev–Trinajstić information content (AvgIpc) is 2.28. The van der Waals surface area contributed by atoms with E-state index in [1.54, 1.807) is 13.0 Å². The highest BCUT2D eigenvalue weighted by molar-refractivity contribution is 5.36. The van der Waals surface area contributed by atoms with Gasteiger partial charge in [-0.05, 0) is 43.5 Å². The summed E-state index contributed by atoms with van der Waals surface area (Å²) >= 11 is 0. The highest BCUT2D eigenvalue weighted by atomic mass is 19.1. The molecule has 0 aliphatic carbocycles. The van der Waals surface area contributed by atoms with Crippen LogP contribution in [0.25, 0.3) is 0 Å². The topological polar surface area (TPSA) is 49.7 Å². The third-order valence-electron chi connectivity index (χ3n) is 3.13. The Morgan fingerprint density at radius 3 is 3.00 bits per heavy atom. The van der Waals surface area contributed by atoms with Crippen molar-refractivity contribution in [1.29, 1.82) is 0 Å². The predicted octanol–water partition coefficient (Wildman–Crippen LogP) is 1.26. The van der Waals surface area contributed by atoms with Gasteiger partial charge in [-0.2, -0.15) is 0 Å². The van der Waals surface area contributed by atoms with E-state index in [4.69, 9.17) is 9.84 Å². The summed E-state index contributed by atoms with van der Waals surface area (Å²) < 4.78 is 18.6. The molecule has 0 fully saturated rings. The lowest BCUT2D eigenvalue weighted by molar-refractivity contribution is -0.0763. The Kier molecular flexibility index (Phi) is 2.86. The monoisotopic (exact) mass is 226 g/mol. The molecule has 1 unspecified atom stereocenters. The average molecular weight is 226 g/mol. The lowest BCUT2D eigenvalue weighted by Crippen LogP contribution is -2.49. The van der Waals surface area contributed by atoms with Crippen molar-refractivity contribution in [3.05, 3.63) is 29.6 Å². The van der Waals surface area contributed by atoms with E-state index in [-0.39, 0.29) is 12.4 Å². The SMILES string of the molecule is CC1([C@H](O)CO)CCc2cc(F)ccc2O1. The second-order valence-electron chi connectivity index (χ2n) is 4.37. The van der Waals surface area contributed by atoms with Gasteiger partial charge in [0.05, 0.1) is 6.61 Å². The number of ether oxygens (including phenoxy) is 1. The van der Waals surface area contributed by atoms with Gasteiger partial charge in [0.1, 0.15) is 23.3 Å². The van der Waals surface area contributed by atoms with Crippen LogP contribution in [-0.4, -0.2) is 28.5 Å². The molecule has 1 aliphatic rings. The van der Waals surface area contributed by atoms with E-state index in [9.17, 15) is 9.50 Å². The fourth-order valence-corrected chi connectivity index (χ4v) is 1.96. The molecule has 0 aromatic heterocycles. The molecule has 2 N–H and O–H groups in total. The van der Waals surface area contributed by atoms with Gasteiger partial charge in [0.15, 0.2) is 0 Å². The first-order valence-corrected chi connectivity index (χ1v) is 5.31. The highest BCUT2D eigenvalue weighted by Gasteiger charge is 2.38. The second kappa shape index (κ2) is 4.03. The summed E-state index contributed by atoms with van der Waals surface area (Å²) in [5.74, 6) is 0.302.